The number of carbonyl (C=O) groups excluding carboxylic acids is 1. The maximum absolute atomic E-state index is 12.0. The second-order valence-corrected chi connectivity index (χ2v) is 6.33. The van der Waals surface area contributed by atoms with Crippen LogP contribution >= 0.6 is 0 Å². The van der Waals surface area contributed by atoms with Gasteiger partial charge in [0.25, 0.3) is 0 Å². The zero-order valence-corrected chi connectivity index (χ0v) is 12.0. The molecule has 1 saturated carbocycles. The highest BCUT2D eigenvalue weighted by atomic mass is 16.3. The van der Waals surface area contributed by atoms with Gasteiger partial charge in [-0.2, -0.15) is 0 Å². The van der Waals surface area contributed by atoms with Crippen LogP contribution in [-0.4, -0.2) is 48.7 Å². The predicted molar refractivity (Wildman–Crippen MR) is 75.9 cm³/mol. The van der Waals surface area contributed by atoms with E-state index in [9.17, 15) is 9.90 Å². The van der Waals surface area contributed by atoms with Crippen LogP contribution in [0.25, 0.3) is 0 Å². The maximum Gasteiger partial charge on any atom is 0.234 e. The van der Waals surface area contributed by atoms with Gasteiger partial charge in [0.05, 0.1) is 13.2 Å². The number of nitrogens with one attached hydrogen (secondary N) is 1. The average molecular weight is 268 g/mol. The van der Waals surface area contributed by atoms with Crippen LogP contribution in [0.15, 0.2) is 0 Å². The third-order valence-corrected chi connectivity index (χ3v) is 4.73. The van der Waals surface area contributed by atoms with E-state index in [1.807, 2.05) is 0 Å². The van der Waals surface area contributed by atoms with E-state index in [1.165, 1.54) is 38.5 Å². The Labute approximate surface area is 116 Å². The molecule has 2 rings (SSSR count). The summed E-state index contributed by atoms with van der Waals surface area (Å²) in [6, 6.07) is 0. The van der Waals surface area contributed by atoms with Crippen LogP contribution in [0.2, 0.25) is 0 Å². The summed E-state index contributed by atoms with van der Waals surface area (Å²) in [5, 5.41) is 12.4. The fraction of sp³-hybridized carbons (Fsp3) is 0.933. The summed E-state index contributed by atoms with van der Waals surface area (Å²) in [5.41, 5.74) is -0.00801. The van der Waals surface area contributed by atoms with E-state index in [-0.39, 0.29) is 17.9 Å². The van der Waals surface area contributed by atoms with Crippen LogP contribution < -0.4 is 5.32 Å². The van der Waals surface area contributed by atoms with Crippen LogP contribution in [-0.2, 0) is 4.79 Å². The summed E-state index contributed by atoms with van der Waals surface area (Å²) in [6.07, 6.45) is 9.65. The lowest BCUT2D eigenvalue weighted by Crippen LogP contribution is -2.47. The van der Waals surface area contributed by atoms with Crippen molar-refractivity contribution in [3.63, 3.8) is 0 Å². The van der Waals surface area contributed by atoms with E-state index >= 15 is 0 Å². The summed E-state index contributed by atoms with van der Waals surface area (Å²) < 4.78 is 0. The van der Waals surface area contributed by atoms with Crippen molar-refractivity contribution in [3.05, 3.63) is 0 Å². The molecule has 4 heteroatoms. The smallest absolute Gasteiger partial charge is 0.234 e. The largest absolute Gasteiger partial charge is 0.396 e. The Morgan fingerprint density at radius 2 is 1.68 bits per heavy atom. The van der Waals surface area contributed by atoms with Gasteiger partial charge in [-0.25, -0.2) is 0 Å². The molecule has 0 aromatic rings. The van der Waals surface area contributed by atoms with Gasteiger partial charge in [0.2, 0.25) is 5.91 Å². The zero-order valence-electron chi connectivity index (χ0n) is 12.0. The number of aliphatic hydroxyl groups is 1. The molecule has 1 heterocycles. The number of likely N-dealkylation sites (tertiary alicyclic amines) is 1. The number of hydrogen-bond donors (Lipinski definition) is 2. The average Bonchev–Trinajstić information content (AvgIpc) is 2.32. The van der Waals surface area contributed by atoms with Crippen LogP contribution in [0.4, 0.5) is 0 Å². The number of amides is 1. The zero-order chi connectivity index (χ0) is 13.6. The number of carbonyl (C=O) groups is 1. The van der Waals surface area contributed by atoms with E-state index in [1.54, 1.807) is 0 Å². The van der Waals surface area contributed by atoms with Crippen molar-refractivity contribution in [2.45, 2.75) is 51.4 Å². The van der Waals surface area contributed by atoms with Crippen LogP contribution in [0, 0.1) is 5.41 Å². The second-order valence-electron chi connectivity index (χ2n) is 6.33. The Bertz CT molecular complexity index is 276. The second kappa shape index (κ2) is 7.25. The van der Waals surface area contributed by atoms with Gasteiger partial charge in [-0.15, -0.1) is 0 Å². The summed E-state index contributed by atoms with van der Waals surface area (Å²) in [7, 11) is 0. The lowest BCUT2D eigenvalue weighted by atomic mass is 9.69. The van der Waals surface area contributed by atoms with Gasteiger partial charge in [-0.05, 0) is 38.8 Å². The van der Waals surface area contributed by atoms with Crippen LogP contribution in [0.3, 0.4) is 0 Å². The molecule has 1 saturated heterocycles. The first-order valence-electron chi connectivity index (χ1n) is 7.84. The molecular weight excluding hydrogens is 240 g/mol. The molecule has 2 aliphatic rings. The molecule has 0 bridgehead atoms. The molecule has 1 aliphatic carbocycles. The predicted octanol–water partition coefficient (Wildman–Crippen LogP) is 1.53. The van der Waals surface area contributed by atoms with Crippen molar-refractivity contribution in [1.82, 2.24) is 10.2 Å². The number of aliphatic hydroxyl groups excluding tert-OH is 1. The Kier molecular flexibility index (Phi) is 5.64. The van der Waals surface area contributed by atoms with Crippen molar-refractivity contribution in [1.29, 1.82) is 0 Å². The normalized spacial score (nSPS) is 24.1. The molecule has 0 unspecified atom stereocenters. The van der Waals surface area contributed by atoms with E-state index in [4.69, 9.17) is 0 Å². The summed E-state index contributed by atoms with van der Waals surface area (Å²) in [5.74, 6) is 0.125. The van der Waals surface area contributed by atoms with Gasteiger partial charge in [-0.3, -0.25) is 9.69 Å². The minimum atomic E-state index is -0.00801. The van der Waals surface area contributed by atoms with E-state index < -0.39 is 0 Å². The van der Waals surface area contributed by atoms with Gasteiger partial charge >= 0.3 is 0 Å². The molecule has 0 radical (unpaired) electrons. The first-order valence-corrected chi connectivity index (χ1v) is 7.84. The van der Waals surface area contributed by atoms with E-state index in [2.05, 4.69) is 10.2 Å². The molecule has 0 atom stereocenters. The molecule has 19 heavy (non-hydrogen) atoms. The van der Waals surface area contributed by atoms with Crippen molar-refractivity contribution < 1.29 is 9.90 Å². The van der Waals surface area contributed by atoms with Crippen molar-refractivity contribution in [2.24, 2.45) is 5.41 Å². The molecule has 1 amide bonds. The number of nitrogens with zero attached hydrogens (tertiary/aromatic N) is 1. The van der Waals surface area contributed by atoms with Gasteiger partial charge in [0.15, 0.2) is 0 Å². The summed E-state index contributed by atoms with van der Waals surface area (Å²) >= 11 is 0. The van der Waals surface area contributed by atoms with E-state index in [0.29, 0.717) is 13.1 Å². The molecular formula is C15H28N2O2. The summed E-state index contributed by atoms with van der Waals surface area (Å²) in [6.45, 7) is 3.49. The summed E-state index contributed by atoms with van der Waals surface area (Å²) in [4.78, 5) is 14.3. The monoisotopic (exact) mass is 268 g/mol. The van der Waals surface area contributed by atoms with Crippen LogP contribution in [0.1, 0.15) is 51.4 Å². The highest BCUT2D eigenvalue weighted by Crippen LogP contribution is 2.39. The lowest BCUT2D eigenvalue weighted by Gasteiger charge is -2.40. The van der Waals surface area contributed by atoms with Gasteiger partial charge < -0.3 is 10.4 Å². The first-order chi connectivity index (χ1) is 9.24. The van der Waals surface area contributed by atoms with Crippen molar-refractivity contribution >= 4 is 5.91 Å². The standard InChI is InChI=1S/C15H28N2O2/c18-13-15(7-6-8-15)12-16-14(19)11-17-9-4-2-1-3-5-10-17/h18H,1-13H2,(H,16,19). The van der Waals surface area contributed by atoms with E-state index in [0.717, 1.165) is 25.9 Å². The van der Waals surface area contributed by atoms with Crippen LogP contribution in [0.5, 0.6) is 0 Å². The fourth-order valence-corrected chi connectivity index (χ4v) is 3.08. The third kappa shape index (κ3) is 4.46. The molecule has 2 N–H and O–H groups in total. The SMILES string of the molecule is O=C(CN1CCCCCCC1)NCC1(CO)CCC1. The molecule has 0 aromatic heterocycles. The highest BCUT2D eigenvalue weighted by molar-refractivity contribution is 5.78. The minimum Gasteiger partial charge on any atom is -0.396 e. The molecule has 0 spiro atoms. The van der Waals surface area contributed by atoms with Gasteiger partial charge in [0.1, 0.15) is 0 Å². The molecule has 0 aromatic carbocycles. The molecule has 4 nitrogen and oxygen atoms in total. The van der Waals surface area contributed by atoms with Gasteiger partial charge in [-0.1, -0.05) is 25.7 Å². The quantitative estimate of drug-likeness (QED) is 0.795. The topological polar surface area (TPSA) is 52.6 Å². The van der Waals surface area contributed by atoms with Gasteiger partial charge in [0, 0.05) is 12.0 Å². The Balaban J connectivity index is 1.67. The number of hydrogen-bond acceptors (Lipinski definition) is 3. The minimum absolute atomic E-state index is 0.00801. The van der Waals surface area contributed by atoms with Crippen molar-refractivity contribution in [2.75, 3.05) is 32.8 Å². The maximum atomic E-state index is 12.0. The highest BCUT2D eigenvalue weighted by Gasteiger charge is 2.36. The molecule has 2 fully saturated rings. The Hall–Kier alpha value is -0.610. The lowest BCUT2D eigenvalue weighted by molar-refractivity contribution is -0.123. The number of rotatable bonds is 5. The fourth-order valence-electron chi connectivity index (χ4n) is 3.08. The third-order valence-electron chi connectivity index (χ3n) is 4.73. The molecule has 1 aliphatic heterocycles. The Morgan fingerprint density at radius 3 is 2.21 bits per heavy atom. The molecule has 110 valence electrons. The van der Waals surface area contributed by atoms with Crippen molar-refractivity contribution in [3.8, 4) is 0 Å². The Morgan fingerprint density at radius 1 is 1.05 bits per heavy atom. The first kappa shape index (κ1) is 14.8.